The molecule has 1 aromatic rings. The van der Waals surface area contributed by atoms with Gasteiger partial charge in [0.1, 0.15) is 6.54 Å². The molecule has 5 heteroatoms. The minimum atomic E-state index is -0.115. The maximum atomic E-state index is 11.4. The maximum Gasteiger partial charge on any atom is 0.251 e. The van der Waals surface area contributed by atoms with Gasteiger partial charge < -0.3 is 9.88 Å². The fraction of sp³-hybridized carbons (Fsp3) is 0.500. The number of nitrogens with one attached hydrogen (secondary N) is 1. The molecule has 0 aromatic carbocycles. The molecule has 17 heavy (non-hydrogen) atoms. The molecule has 0 bridgehead atoms. The summed E-state index contributed by atoms with van der Waals surface area (Å²) in [6.45, 7) is 5.03. The van der Waals surface area contributed by atoms with E-state index in [1.165, 1.54) is 10.6 Å². The molecule has 1 aliphatic rings. The zero-order valence-electron chi connectivity index (χ0n) is 9.72. The third-order valence-corrected chi connectivity index (χ3v) is 2.90. The summed E-state index contributed by atoms with van der Waals surface area (Å²) < 4.78 is 1.46. The molecule has 0 amide bonds. The van der Waals surface area contributed by atoms with Gasteiger partial charge in [-0.05, 0) is 5.56 Å². The number of nitrogens with zero attached hydrogens (tertiary/aromatic N) is 3. The van der Waals surface area contributed by atoms with Gasteiger partial charge in [-0.25, -0.2) is 0 Å². The molecule has 1 aliphatic heterocycles. The molecule has 1 N–H and O–H groups in total. The topological polar surface area (TPSA) is 61.1 Å². The number of hydrogen-bond donors (Lipinski definition) is 1. The van der Waals surface area contributed by atoms with E-state index in [1.807, 2.05) is 12.1 Å². The van der Waals surface area contributed by atoms with Crippen LogP contribution in [-0.4, -0.2) is 35.6 Å². The van der Waals surface area contributed by atoms with E-state index in [0.29, 0.717) is 0 Å². The number of pyridine rings is 1. The average Bonchev–Trinajstić information content (AvgIpc) is 2.35. The summed E-state index contributed by atoms with van der Waals surface area (Å²) in [5.41, 5.74) is 0.970. The summed E-state index contributed by atoms with van der Waals surface area (Å²) in [7, 11) is 0. The van der Waals surface area contributed by atoms with Crippen molar-refractivity contribution in [1.82, 2.24) is 14.8 Å². The van der Waals surface area contributed by atoms with Crippen LogP contribution in [0.5, 0.6) is 0 Å². The van der Waals surface area contributed by atoms with E-state index in [4.69, 9.17) is 5.26 Å². The van der Waals surface area contributed by atoms with Gasteiger partial charge in [0.05, 0.1) is 6.07 Å². The van der Waals surface area contributed by atoms with Crippen molar-refractivity contribution in [3.63, 3.8) is 0 Å². The molecule has 0 atom stereocenters. The Morgan fingerprint density at radius 2 is 2.12 bits per heavy atom. The highest BCUT2D eigenvalue weighted by Crippen LogP contribution is 2.03. The molecule has 1 saturated heterocycles. The third kappa shape index (κ3) is 3.16. The zero-order chi connectivity index (χ0) is 12.1. The first-order chi connectivity index (χ1) is 8.29. The molecule has 1 aromatic heterocycles. The Kier molecular flexibility index (Phi) is 3.91. The lowest BCUT2D eigenvalue weighted by Gasteiger charge is -2.27. The molecule has 0 radical (unpaired) electrons. The Morgan fingerprint density at radius 1 is 1.35 bits per heavy atom. The van der Waals surface area contributed by atoms with Gasteiger partial charge in [-0.3, -0.25) is 9.69 Å². The SMILES string of the molecule is N#CCn1cc(CN2CCNCC2)ccc1=O. The highest BCUT2D eigenvalue weighted by molar-refractivity contribution is 5.10. The Hall–Kier alpha value is -1.64. The average molecular weight is 232 g/mol. The molecular formula is C12H16N4O. The van der Waals surface area contributed by atoms with E-state index in [1.54, 1.807) is 6.20 Å². The van der Waals surface area contributed by atoms with E-state index < -0.39 is 0 Å². The standard InChI is InChI=1S/C12H16N4O/c13-3-6-16-10-11(1-2-12(16)17)9-15-7-4-14-5-8-15/h1-2,10,14H,4-9H2. The monoisotopic (exact) mass is 232 g/mol. The van der Waals surface area contributed by atoms with Crippen molar-refractivity contribution < 1.29 is 0 Å². The molecule has 0 spiro atoms. The first-order valence-corrected chi connectivity index (χ1v) is 5.79. The van der Waals surface area contributed by atoms with Gasteiger partial charge in [0.15, 0.2) is 0 Å². The van der Waals surface area contributed by atoms with Crippen LogP contribution in [0.3, 0.4) is 0 Å². The van der Waals surface area contributed by atoms with Gasteiger partial charge in [0.25, 0.3) is 5.56 Å². The van der Waals surface area contributed by atoms with Crippen molar-refractivity contribution in [2.24, 2.45) is 0 Å². The van der Waals surface area contributed by atoms with Crippen LogP contribution < -0.4 is 10.9 Å². The van der Waals surface area contributed by atoms with Crippen LogP contribution in [0, 0.1) is 11.3 Å². The second-order valence-corrected chi connectivity index (χ2v) is 4.19. The van der Waals surface area contributed by atoms with Gasteiger partial charge in [-0.2, -0.15) is 5.26 Å². The van der Waals surface area contributed by atoms with E-state index >= 15 is 0 Å². The van der Waals surface area contributed by atoms with Crippen LogP contribution in [-0.2, 0) is 13.1 Å². The fourth-order valence-corrected chi connectivity index (χ4v) is 2.00. The van der Waals surface area contributed by atoms with E-state index in [0.717, 1.165) is 38.3 Å². The van der Waals surface area contributed by atoms with Crippen molar-refractivity contribution >= 4 is 0 Å². The van der Waals surface area contributed by atoms with Gasteiger partial charge in [-0.1, -0.05) is 6.07 Å². The number of piperazine rings is 1. The van der Waals surface area contributed by atoms with E-state index in [2.05, 4.69) is 10.2 Å². The Labute approximate surface area is 100 Å². The van der Waals surface area contributed by atoms with Gasteiger partial charge in [-0.15, -0.1) is 0 Å². The van der Waals surface area contributed by atoms with E-state index in [9.17, 15) is 4.79 Å². The lowest BCUT2D eigenvalue weighted by atomic mass is 10.2. The summed E-state index contributed by atoms with van der Waals surface area (Å²) >= 11 is 0. The Bertz CT molecular complexity index is 468. The lowest BCUT2D eigenvalue weighted by molar-refractivity contribution is 0.232. The van der Waals surface area contributed by atoms with Crippen molar-refractivity contribution in [3.8, 4) is 6.07 Å². The number of hydrogen-bond acceptors (Lipinski definition) is 4. The number of nitriles is 1. The first kappa shape index (κ1) is 11.8. The molecule has 2 heterocycles. The summed E-state index contributed by atoms with van der Waals surface area (Å²) in [6.07, 6.45) is 1.79. The van der Waals surface area contributed by atoms with Crippen LogP contribution in [0.15, 0.2) is 23.1 Å². The zero-order valence-corrected chi connectivity index (χ0v) is 9.72. The van der Waals surface area contributed by atoms with E-state index in [-0.39, 0.29) is 12.1 Å². The van der Waals surface area contributed by atoms with Gasteiger partial charge >= 0.3 is 0 Å². The summed E-state index contributed by atoms with van der Waals surface area (Å²) in [5.74, 6) is 0. The summed E-state index contributed by atoms with van der Waals surface area (Å²) in [6, 6.07) is 5.38. The predicted molar refractivity (Wildman–Crippen MR) is 64.5 cm³/mol. The minimum Gasteiger partial charge on any atom is -0.314 e. The third-order valence-electron chi connectivity index (χ3n) is 2.90. The first-order valence-electron chi connectivity index (χ1n) is 5.79. The molecular weight excluding hydrogens is 216 g/mol. The molecule has 0 unspecified atom stereocenters. The molecule has 0 aliphatic carbocycles. The normalized spacial score (nSPS) is 16.6. The second-order valence-electron chi connectivity index (χ2n) is 4.19. The lowest BCUT2D eigenvalue weighted by Crippen LogP contribution is -2.43. The molecule has 90 valence electrons. The van der Waals surface area contributed by atoms with Crippen LogP contribution >= 0.6 is 0 Å². The molecule has 0 saturated carbocycles. The van der Waals surface area contributed by atoms with Crippen molar-refractivity contribution in [3.05, 3.63) is 34.2 Å². The Balaban J connectivity index is 2.08. The Morgan fingerprint density at radius 3 is 2.82 bits per heavy atom. The van der Waals surface area contributed by atoms with Crippen molar-refractivity contribution in [2.45, 2.75) is 13.1 Å². The smallest absolute Gasteiger partial charge is 0.251 e. The predicted octanol–water partition coefficient (Wildman–Crippen LogP) is -0.223. The highest BCUT2D eigenvalue weighted by Gasteiger charge is 2.10. The second kappa shape index (κ2) is 5.62. The molecule has 5 nitrogen and oxygen atoms in total. The van der Waals surface area contributed by atoms with Crippen molar-refractivity contribution in [2.75, 3.05) is 26.2 Å². The van der Waals surface area contributed by atoms with Crippen LogP contribution in [0.1, 0.15) is 5.56 Å². The van der Waals surface area contributed by atoms with Crippen LogP contribution in [0.2, 0.25) is 0 Å². The van der Waals surface area contributed by atoms with Crippen molar-refractivity contribution in [1.29, 1.82) is 5.26 Å². The quantitative estimate of drug-likeness (QED) is 0.782. The van der Waals surface area contributed by atoms with Gasteiger partial charge in [0.2, 0.25) is 0 Å². The van der Waals surface area contributed by atoms with Crippen LogP contribution in [0.4, 0.5) is 0 Å². The van der Waals surface area contributed by atoms with Gasteiger partial charge in [0, 0.05) is 45.0 Å². The summed E-state index contributed by atoms with van der Waals surface area (Å²) in [5, 5.41) is 11.9. The molecule has 2 rings (SSSR count). The maximum absolute atomic E-state index is 11.4. The largest absolute Gasteiger partial charge is 0.314 e. The number of rotatable bonds is 3. The summed E-state index contributed by atoms with van der Waals surface area (Å²) in [4.78, 5) is 13.8. The molecule has 1 fully saturated rings. The minimum absolute atomic E-state index is 0.115. The fourth-order valence-electron chi connectivity index (χ4n) is 2.00. The number of aromatic nitrogens is 1. The van der Waals surface area contributed by atoms with Crippen LogP contribution in [0.25, 0.3) is 0 Å². The highest BCUT2D eigenvalue weighted by atomic mass is 16.1.